The first-order valence-corrected chi connectivity index (χ1v) is 8.64. The van der Waals surface area contributed by atoms with Gasteiger partial charge in [0.2, 0.25) is 0 Å². The fraction of sp³-hybridized carbons (Fsp3) is 0.667. The van der Waals surface area contributed by atoms with Gasteiger partial charge in [-0.2, -0.15) is 0 Å². The summed E-state index contributed by atoms with van der Waals surface area (Å²) < 4.78 is 12.3. The summed E-state index contributed by atoms with van der Waals surface area (Å²) in [6.45, 7) is 10.6. The Balaban J connectivity index is 1.74. The third-order valence-electron chi connectivity index (χ3n) is 5.63. The quantitative estimate of drug-likeness (QED) is 0.868. The third-order valence-corrected chi connectivity index (χ3v) is 5.63. The molecule has 0 amide bonds. The van der Waals surface area contributed by atoms with Gasteiger partial charge < -0.3 is 19.3 Å². The van der Waals surface area contributed by atoms with Crippen molar-refractivity contribution in [3.05, 3.63) is 24.3 Å². The molecule has 0 radical (unpaired) electrons. The number of benzene rings is 1. The average molecular weight is 317 g/mol. The first kappa shape index (κ1) is 16.8. The maximum Gasteiger partial charge on any atom is 0.494 e. The largest absolute Gasteiger partial charge is 0.494 e. The predicted molar refractivity (Wildman–Crippen MR) is 94.2 cm³/mol. The Morgan fingerprint density at radius 2 is 1.74 bits per heavy atom. The minimum Gasteiger partial charge on any atom is -0.399 e. The summed E-state index contributed by atoms with van der Waals surface area (Å²) in [7, 11) is -0.310. The summed E-state index contributed by atoms with van der Waals surface area (Å²) in [5, 5.41) is 9.28. The second-order valence-electron chi connectivity index (χ2n) is 7.80. The van der Waals surface area contributed by atoms with Gasteiger partial charge in [0.15, 0.2) is 0 Å². The van der Waals surface area contributed by atoms with Crippen molar-refractivity contribution >= 4 is 18.3 Å². The van der Waals surface area contributed by atoms with E-state index < -0.39 is 0 Å². The number of hydrogen-bond acceptors (Lipinski definition) is 4. The van der Waals surface area contributed by atoms with E-state index in [-0.39, 0.29) is 18.3 Å². The zero-order chi connectivity index (χ0) is 16.7. The van der Waals surface area contributed by atoms with Crippen molar-refractivity contribution < 1.29 is 14.4 Å². The topological polar surface area (TPSA) is 41.9 Å². The number of anilines is 1. The minimum atomic E-state index is -0.312. The first-order valence-electron chi connectivity index (χ1n) is 8.64. The summed E-state index contributed by atoms with van der Waals surface area (Å²) in [6.07, 6.45) is 2.11. The Morgan fingerprint density at radius 3 is 2.30 bits per heavy atom. The normalized spacial score (nSPS) is 24.2. The molecular formula is C18H28BNO3. The molecule has 2 aliphatic heterocycles. The molecule has 0 aliphatic carbocycles. The van der Waals surface area contributed by atoms with Crippen molar-refractivity contribution in [2.24, 2.45) is 5.92 Å². The molecule has 2 aliphatic rings. The third kappa shape index (κ3) is 3.28. The van der Waals surface area contributed by atoms with Crippen molar-refractivity contribution in [1.29, 1.82) is 0 Å². The first-order chi connectivity index (χ1) is 10.8. The Kier molecular flexibility index (Phi) is 4.47. The van der Waals surface area contributed by atoms with Gasteiger partial charge in [0.25, 0.3) is 0 Å². The molecule has 2 saturated heterocycles. The van der Waals surface area contributed by atoms with Crippen LogP contribution in [0.4, 0.5) is 5.69 Å². The molecule has 0 unspecified atom stereocenters. The predicted octanol–water partition coefficient (Wildman–Crippen LogP) is 2.19. The van der Waals surface area contributed by atoms with Gasteiger partial charge in [0, 0.05) is 25.4 Å². The number of aliphatic hydroxyl groups excluding tert-OH is 1. The van der Waals surface area contributed by atoms with Crippen molar-refractivity contribution in [3.63, 3.8) is 0 Å². The second-order valence-corrected chi connectivity index (χ2v) is 7.80. The Bertz CT molecular complexity index is 537. The van der Waals surface area contributed by atoms with Gasteiger partial charge in [-0.3, -0.25) is 0 Å². The van der Waals surface area contributed by atoms with Crippen LogP contribution in [0.25, 0.3) is 0 Å². The van der Waals surface area contributed by atoms with E-state index in [0.29, 0.717) is 12.5 Å². The van der Waals surface area contributed by atoms with E-state index in [0.717, 1.165) is 31.4 Å². The van der Waals surface area contributed by atoms with E-state index in [2.05, 4.69) is 56.9 Å². The van der Waals surface area contributed by atoms with Gasteiger partial charge in [0.05, 0.1) is 11.2 Å². The van der Waals surface area contributed by atoms with E-state index >= 15 is 0 Å². The maximum absolute atomic E-state index is 9.28. The van der Waals surface area contributed by atoms with Gasteiger partial charge in [-0.15, -0.1) is 0 Å². The van der Waals surface area contributed by atoms with Crippen LogP contribution in [0.2, 0.25) is 0 Å². The van der Waals surface area contributed by atoms with E-state index in [1.165, 1.54) is 5.69 Å². The van der Waals surface area contributed by atoms with Crippen molar-refractivity contribution in [2.75, 3.05) is 24.6 Å². The van der Waals surface area contributed by atoms with E-state index in [4.69, 9.17) is 9.31 Å². The van der Waals surface area contributed by atoms with Crippen molar-refractivity contribution in [3.8, 4) is 0 Å². The lowest BCUT2D eigenvalue weighted by molar-refractivity contribution is 0.00578. The van der Waals surface area contributed by atoms with Gasteiger partial charge in [-0.25, -0.2) is 0 Å². The summed E-state index contributed by atoms with van der Waals surface area (Å²) >= 11 is 0. The molecule has 0 saturated carbocycles. The molecule has 3 rings (SSSR count). The van der Waals surface area contributed by atoms with Crippen LogP contribution in [0.1, 0.15) is 40.5 Å². The van der Waals surface area contributed by atoms with Crippen LogP contribution in [0, 0.1) is 5.92 Å². The van der Waals surface area contributed by atoms with Gasteiger partial charge in [0.1, 0.15) is 0 Å². The Hall–Kier alpha value is -1.04. The van der Waals surface area contributed by atoms with Crippen LogP contribution in [0.15, 0.2) is 24.3 Å². The summed E-state index contributed by atoms with van der Waals surface area (Å²) in [6, 6.07) is 8.48. The summed E-state index contributed by atoms with van der Waals surface area (Å²) in [5.41, 5.74) is 1.67. The zero-order valence-electron chi connectivity index (χ0n) is 14.7. The molecule has 2 heterocycles. The van der Waals surface area contributed by atoms with Crippen LogP contribution >= 0.6 is 0 Å². The highest BCUT2D eigenvalue weighted by Crippen LogP contribution is 2.36. The zero-order valence-corrected chi connectivity index (χ0v) is 14.7. The molecule has 0 atom stereocenters. The fourth-order valence-electron chi connectivity index (χ4n) is 3.22. The Labute approximate surface area is 139 Å². The maximum atomic E-state index is 9.28. The lowest BCUT2D eigenvalue weighted by atomic mass is 9.79. The van der Waals surface area contributed by atoms with Crippen LogP contribution < -0.4 is 10.4 Å². The molecule has 1 aromatic carbocycles. The fourth-order valence-corrected chi connectivity index (χ4v) is 3.22. The SMILES string of the molecule is CC1(C)OB(c2cccc(N3CCC(CO)CC3)c2)OC1(C)C. The highest BCUT2D eigenvalue weighted by Gasteiger charge is 2.51. The molecule has 2 fully saturated rings. The van der Waals surface area contributed by atoms with E-state index in [9.17, 15) is 5.11 Å². The second kappa shape index (κ2) is 6.12. The van der Waals surface area contributed by atoms with Gasteiger partial charge in [-0.1, -0.05) is 12.1 Å². The van der Waals surface area contributed by atoms with Gasteiger partial charge >= 0.3 is 7.12 Å². The molecule has 0 bridgehead atoms. The van der Waals surface area contributed by atoms with E-state index in [1.807, 2.05) is 0 Å². The summed E-state index contributed by atoms with van der Waals surface area (Å²) in [5.74, 6) is 0.456. The molecule has 4 nitrogen and oxygen atoms in total. The highest BCUT2D eigenvalue weighted by atomic mass is 16.7. The number of piperidine rings is 1. The standard InChI is InChI=1S/C18H28BNO3/c1-17(2)18(3,4)23-19(22-17)15-6-5-7-16(12-15)20-10-8-14(13-21)9-11-20/h5-7,12,14,21H,8-11,13H2,1-4H3. The Morgan fingerprint density at radius 1 is 1.13 bits per heavy atom. The molecule has 23 heavy (non-hydrogen) atoms. The average Bonchev–Trinajstić information content (AvgIpc) is 2.76. The van der Waals surface area contributed by atoms with Crippen LogP contribution in [-0.2, 0) is 9.31 Å². The molecule has 5 heteroatoms. The minimum absolute atomic E-state index is 0.307. The summed E-state index contributed by atoms with van der Waals surface area (Å²) in [4.78, 5) is 2.39. The molecule has 0 spiro atoms. The molecule has 126 valence electrons. The molecule has 1 aromatic rings. The van der Waals surface area contributed by atoms with Crippen molar-refractivity contribution in [1.82, 2.24) is 0 Å². The number of aliphatic hydroxyl groups is 1. The number of rotatable bonds is 3. The number of nitrogens with zero attached hydrogens (tertiary/aromatic N) is 1. The number of hydrogen-bond donors (Lipinski definition) is 1. The molecular weight excluding hydrogens is 289 g/mol. The smallest absolute Gasteiger partial charge is 0.399 e. The van der Waals surface area contributed by atoms with Crippen LogP contribution in [0.5, 0.6) is 0 Å². The van der Waals surface area contributed by atoms with E-state index in [1.54, 1.807) is 0 Å². The van der Waals surface area contributed by atoms with Crippen LogP contribution in [0.3, 0.4) is 0 Å². The van der Waals surface area contributed by atoms with Crippen LogP contribution in [-0.4, -0.2) is 43.1 Å². The molecule has 1 N–H and O–H groups in total. The lowest BCUT2D eigenvalue weighted by Gasteiger charge is -2.33. The monoisotopic (exact) mass is 317 g/mol. The lowest BCUT2D eigenvalue weighted by Crippen LogP contribution is -2.41. The highest BCUT2D eigenvalue weighted by molar-refractivity contribution is 6.62. The molecule has 0 aromatic heterocycles. The van der Waals surface area contributed by atoms with Crippen molar-refractivity contribution in [2.45, 2.75) is 51.7 Å². The van der Waals surface area contributed by atoms with Gasteiger partial charge in [-0.05, 0) is 64.1 Å².